The quantitative estimate of drug-likeness (QED) is 0.0611. The number of aryl methyl sites for hydroxylation is 3. The molecule has 0 bridgehead atoms. The Labute approximate surface area is 411 Å². The van der Waals surface area contributed by atoms with Crippen LogP contribution in [0.3, 0.4) is 0 Å². The van der Waals surface area contributed by atoms with Gasteiger partial charge in [0.15, 0.2) is 0 Å². The van der Waals surface area contributed by atoms with E-state index in [-0.39, 0.29) is 0 Å². The molecule has 1 aromatic rings. The van der Waals surface area contributed by atoms with Crippen molar-refractivity contribution in [3.8, 4) is 0 Å². The van der Waals surface area contributed by atoms with Crippen molar-refractivity contribution in [1.82, 2.24) is 15.0 Å². The molecule has 0 aliphatic carbocycles. The molecule has 3 heteroatoms. The van der Waals surface area contributed by atoms with Crippen LogP contribution in [0.25, 0.3) is 0 Å². The number of nitrogens with zero attached hydrogens (tertiary/aromatic N) is 3. The summed E-state index contributed by atoms with van der Waals surface area (Å²) >= 11 is 0. The van der Waals surface area contributed by atoms with Gasteiger partial charge in [0.05, 0.1) is 0 Å². The highest BCUT2D eigenvalue weighted by molar-refractivity contribution is 4.99. The molecule has 65 heavy (non-hydrogen) atoms. The van der Waals surface area contributed by atoms with Gasteiger partial charge in [-0.25, -0.2) is 15.0 Å². The summed E-state index contributed by atoms with van der Waals surface area (Å²) in [5, 5.41) is 0. The van der Waals surface area contributed by atoms with Crippen LogP contribution in [0.1, 0.15) is 372 Å². The second-order valence-corrected chi connectivity index (χ2v) is 21.4. The first-order valence-electron chi connectivity index (χ1n) is 30.8. The number of unbranched alkanes of at least 4 members (excludes halogenated alkanes) is 50. The van der Waals surface area contributed by atoms with Gasteiger partial charge >= 0.3 is 0 Å². The molecule has 1 rings (SSSR count). The fourth-order valence-electron chi connectivity index (χ4n) is 10.2. The molecular formula is C62H120N3. The van der Waals surface area contributed by atoms with Crippen LogP contribution in [-0.4, -0.2) is 15.0 Å². The van der Waals surface area contributed by atoms with Crippen molar-refractivity contribution in [1.29, 1.82) is 0 Å². The highest BCUT2D eigenvalue weighted by atomic mass is 15.0. The maximum Gasteiger partial charge on any atom is 0.132 e. The monoisotopic (exact) mass is 907 g/mol. The van der Waals surface area contributed by atoms with Crippen molar-refractivity contribution in [3.63, 3.8) is 0 Å². The highest BCUT2D eigenvalue weighted by Crippen LogP contribution is 2.19. The second-order valence-electron chi connectivity index (χ2n) is 21.4. The third-order valence-corrected chi connectivity index (χ3v) is 14.7. The standard InChI is InChI=1S/C62H120N3/c1-4-7-9-11-13-15-17-19-21-23-25-27-29-31-33-35-37-39-41-43-45-47-49-51-53-55-58-61-63-60(57-6-3)64-62(65-61)59-56-54-52-50-48-46-44-42-40-38-36-34-32-30-28-26-24-22-20-18-16-14-12-10-8-5-2/h3-59H2,1-2H3. The molecule has 0 N–H and O–H groups in total. The van der Waals surface area contributed by atoms with E-state index in [9.17, 15) is 0 Å². The molecule has 3 nitrogen and oxygen atoms in total. The molecule has 1 heterocycles. The van der Waals surface area contributed by atoms with E-state index >= 15 is 0 Å². The van der Waals surface area contributed by atoms with E-state index in [0.717, 1.165) is 43.2 Å². The lowest BCUT2D eigenvalue weighted by Crippen LogP contribution is -2.08. The Kier molecular flexibility index (Phi) is 51.5. The third-order valence-electron chi connectivity index (χ3n) is 14.7. The fraction of sp³-hybridized carbons (Fsp3) is 0.935. The summed E-state index contributed by atoms with van der Waals surface area (Å²) in [7, 11) is 0. The Hall–Kier alpha value is -0.990. The minimum absolute atomic E-state index is 0.863. The van der Waals surface area contributed by atoms with Gasteiger partial charge in [-0.05, 0) is 19.3 Å². The van der Waals surface area contributed by atoms with Crippen molar-refractivity contribution < 1.29 is 0 Å². The first-order chi connectivity index (χ1) is 32.3. The lowest BCUT2D eigenvalue weighted by Gasteiger charge is -2.08. The molecule has 1 aromatic heterocycles. The van der Waals surface area contributed by atoms with Crippen molar-refractivity contribution in [2.24, 2.45) is 0 Å². The molecular weight excluding hydrogens is 787 g/mol. The number of aromatic nitrogens is 3. The molecule has 0 spiro atoms. The number of hydrogen-bond donors (Lipinski definition) is 0. The van der Waals surface area contributed by atoms with Gasteiger partial charge in [-0.3, -0.25) is 0 Å². The van der Waals surface area contributed by atoms with Crippen molar-refractivity contribution in [2.75, 3.05) is 0 Å². The van der Waals surface area contributed by atoms with Gasteiger partial charge in [0, 0.05) is 19.3 Å². The maximum atomic E-state index is 4.94. The van der Waals surface area contributed by atoms with E-state index in [0.29, 0.717) is 0 Å². The van der Waals surface area contributed by atoms with E-state index in [4.69, 9.17) is 15.0 Å². The Morgan fingerprint density at radius 1 is 0.200 bits per heavy atom. The van der Waals surface area contributed by atoms with Crippen LogP contribution in [0, 0.1) is 6.92 Å². The smallest absolute Gasteiger partial charge is 0.132 e. The van der Waals surface area contributed by atoms with Gasteiger partial charge in [-0.15, -0.1) is 0 Å². The predicted octanol–water partition coefficient (Wildman–Crippen LogP) is 22.0. The minimum Gasteiger partial charge on any atom is -0.218 e. The van der Waals surface area contributed by atoms with Crippen molar-refractivity contribution in [3.05, 3.63) is 24.4 Å². The fourth-order valence-corrected chi connectivity index (χ4v) is 10.2. The summed E-state index contributed by atoms with van der Waals surface area (Å²) in [5.41, 5.74) is 0. The van der Waals surface area contributed by atoms with Gasteiger partial charge in [0.2, 0.25) is 0 Å². The van der Waals surface area contributed by atoms with Crippen molar-refractivity contribution >= 4 is 0 Å². The zero-order valence-electron chi connectivity index (χ0n) is 45.1. The number of rotatable bonds is 56. The molecule has 383 valence electrons. The zero-order valence-corrected chi connectivity index (χ0v) is 45.1. The zero-order chi connectivity index (χ0) is 46.5. The lowest BCUT2D eigenvalue weighted by molar-refractivity contribution is 0.514. The normalized spacial score (nSPS) is 11.7. The van der Waals surface area contributed by atoms with Crippen molar-refractivity contribution in [2.45, 2.75) is 373 Å². The average Bonchev–Trinajstić information content (AvgIpc) is 3.31. The van der Waals surface area contributed by atoms with Gasteiger partial charge in [-0.1, -0.05) is 342 Å². The van der Waals surface area contributed by atoms with Crippen LogP contribution in [0.5, 0.6) is 0 Å². The third kappa shape index (κ3) is 47.9. The summed E-state index contributed by atoms with van der Waals surface area (Å²) < 4.78 is 0. The molecule has 0 atom stereocenters. The molecule has 0 unspecified atom stereocenters. The largest absolute Gasteiger partial charge is 0.218 e. The average molecular weight is 908 g/mol. The summed E-state index contributed by atoms with van der Waals surface area (Å²) in [5.74, 6) is 3.06. The Morgan fingerprint density at radius 2 is 0.338 bits per heavy atom. The van der Waals surface area contributed by atoms with Crippen LogP contribution in [-0.2, 0) is 19.3 Å². The van der Waals surface area contributed by atoms with Gasteiger partial charge in [-0.2, -0.15) is 0 Å². The molecule has 0 saturated carbocycles. The first kappa shape index (κ1) is 62.0. The topological polar surface area (TPSA) is 38.7 Å². The Morgan fingerprint density at radius 3 is 0.492 bits per heavy atom. The van der Waals surface area contributed by atoms with Gasteiger partial charge in [0.1, 0.15) is 17.5 Å². The summed E-state index contributed by atoms with van der Waals surface area (Å²) in [6.45, 7) is 8.69. The Bertz CT molecular complexity index is 949. The Balaban J connectivity index is 1.87. The maximum absolute atomic E-state index is 4.94. The van der Waals surface area contributed by atoms with Gasteiger partial charge in [0.25, 0.3) is 0 Å². The van der Waals surface area contributed by atoms with Crippen LogP contribution >= 0.6 is 0 Å². The lowest BCUT2D eigenvalue weighted by atomic mass is 10.0. The molecule has 1 radical (unpaired) electrons. The second kappa shape index (κ2) is 54.0. The summed E-state index contributed by atoms with van der Waals surface area (Å²) in [4.78, 5) is 14.6. The van der Waals surface area contributed by atoms with E-state index in [1.807, 2.05) is 0 Å². The molecule has 0 aliphatic heterocycles. The summed E-state index contributed by atoms with van der Waals surface area (Å²) in [6, 6.07) is 0. The predicted molar refractivity (Wildman–Crippen MR) is 292 cm³/mol. The summed E-state index contributed by atoms with van der Waals surface area (Å²) in [6.07, 6.45) is 78.6. The van der Waals surface area contributed by atoms with Crippen LogP contribution < -0.4 is 0 Å². The van der Waals surface area contributed by atoms with E-state index in [1.54, 1.807) is 0 Å². The van der Waals surface area contributed by atoms with Crippen LogP contribution in [0.4, 0.5) is 0 Å². The molecule has 0 aromatic carbocycles. The molecule has 0 saturated heterocycles. The van der Waals surface area contributed by atoms with Crippen LogP contribution in [0.2, 0.25) is 0 Å². The van der Waals surface area contributed by atoms with E-state index in [2.05, 4.69) is 20.8 Å². The minimum atomic E-state index is 0.863. The highest BCUT2D eigenvalue weighted by Gasteiger charge is 2.07. The van der Waals surface area contributed by atoms with Crippen LogP contribution in [0.15, 0.2) is 0 Å². The molecule has 0 fully saturated rings. The molecule has 0 amide bonds. The van der Waals surface area contributed by atoms with E-state index < -0.39 is 0 Å². The first-order valence-corrected chi connectivity index (χ1v) is 30.8. The number of hydrogen-bond acceptors (Lipinski definition) is 3. The van der Waals surface area contributed by atoms with E-state index in [1.165, 1.54) is 334 Å². The van der Waals surface area contributed by atoms with Gasteiger partial charge < -0.3 is 0 Å². The SMILES string of the molecule is [CH2]CCc1nc(CCCCCCCCCCCCCCCCCCCCCCCCCCCC)nc(CCCCCCCCCCCCCCCCCCCCCCCCCCCC)n1. The molecule has 0 aliphatic rings.